The molecule has 0 aromatic carbocycles. The van der Waals surface area contributed by atoms with Gasteiger partial charge >= 0.3 is 0 Å². The molecule has 0 aromatic heterocycles. The minimum atomic E-state index is -0.390. The second kappa shape index (κ2) is 6.37. The van der Waals surface area contributed by atoms with Crippen LogP contribution in [-0.4, -0.2) is 36.1 Å². The summed E-state index contributed by atoms with van der Waals surface area (Å²) in [6.07, 6.45) is 6.11. The van der Waals surface area contributed by atoms with Crippen molar-refractivity contribution in [3.05, 3.63) is 0 Å². The van der Waals surface area contributed by atoms with Crippen LogP contribution in [-0.2, 0) is 0 Å². The molecule has 1 fully saturated rings. The Bertz CT molecular complexity index is 267. The van der Waals surface area contributed by atoms with Crippen LogP contribution in [0.5, 0.6) is 0 Å². The average Bonchev–Trinajstić information content (AvgIpc) is 3.14. The number of nitrogens with zero attached hydrogens (tertiary/aromatic N) is 2. The van der Waals surface area contributed by atoms with Crippen LogP contribution in [0.2, 0.25) is 0 Å². The fourth-order valence-electron chi connectivity index (χ4n) is 2.42. The van der Waals surface area contributed by atoms with E-state index < -0.39 is 5.54 Å². The van der Waals surface area contributed by atoms with Crippen LogP contribution < -0.4 is 5.32 Å². The third kappa shape index (κ3) is 4.29. The highest BCUT2D eigenvalue weighted by atomic mass is 15.2. The van der Waals surface area contributed by atoms with E-state index in [1.165, 1.54) is 32.2 Å². The first-order valence-electron chi connectivity index (χ1n) is 6.92. The van der Waals surface area contributed by atoms with E-state index in [9.17, 15) is 5.26 Å². The standard InChI is InChI=1S/C14H27N3/c1-5-6-9-17(13-7-8-13)12(2)10-14(3,11-15)16-4/h12-13,16H,5-10H2,1-4H3. The van der Waals surface area contributed by atoms with Gasteiger partial charge in [0.1, 0.15) is 5.54 Å². The molecule has 2 unspecified atom stereocenters. The quantitative estimate of drug-likeness (QED) is 0.705. The fraction of sp³-hybridized carbons (Fsp3) is 0.929. The van der Waals surface area contributed by atoms with Crippen molar-refractivity contribution >= 4 is 0 Å². The molecule has 0 amide bonds. The smallest absolute Gasteiger partial charge is 0.105 e. The molecular weight excluding hydrogens is 210 g/mol. The van der Waals surface area contributed by atoms with Crippen molar-refractivity contribution in [3.63, 3.8) is 0 Å². The number of nitrogens with one attached hydrogen (secondary N) is 1. The predicted octanol–water partition coefficient (Wildman–Crippen LogP) is 2.53. The van der Waals surface area contributed by atoms with Crippen LogP contribution in [0.25, 0.3) is 0 Å². The molecule has 1 saturated carbocycles. The minimum Gasteiger partial charge on any atom is -0.303 e. The minimum absolute atomic E-state index is 0.390. The highest BCUT2D eigenvalue weighted by Gasteiger charge is 2.34. The first-order chi connectivity index (χ1) is 8.06. The summed E-state index contributed by atoms with van der Waals surface area (Å²) in [6.45, 7) is 7.69. The summed E-state index contributed by atoms with van der Waals surface area (Å²) >= 11 is 0. The zero-order chi connectivity index (χ0) is 12.9. The molecule has 3 nitrogen and oxygen atoms in total. The lowest BCUT2D eigenvalue weighted by molar-refractivity contribution is 0.167. The molecule has 2 atom stereocenters. The summed E-state index contributed by atoms with van der Waals surface area (Å²) < 4.78 is 0. The van der Waals surface area contributed by atoms with Gasteiger partial charge in [0, 0.05) is 12.1 Å². The zero-order valence-corrected chi connectivity index (χ0v) is 11.8. The second-order valence-electron chi connectivity index (χ2n) is 5.57. The number of hydrogen-bond acceptors (Lipinski definition) is 3. The van der Waals surface area contributed by atoms with E-state index in [4.69, 9.17) is 0 Å². The van der Waals surface area contributed by atoms with Gasteiger partial charge in [0.2, 0.25) is 0 Å². The molecule has 1 aliphatic rings. The van der Waals surface area contributed by atoms with Crippen molar-refractivity contribution in [1.82, 2.24) is 10.2 Å². The summed E-state index contributed by atoms with van der Waals surface area (Å²) in [5, 5.41) is 12.4. The van der Waals surface area contributed by atoms with Gasteiger partial charge < -0.3 is 5.32 Å². The van der Waals surface area contributed by atoms with E-state index >= 15 is 0 Å². The van der Waals surface area contributed by atoms with Gasteiger partial charge in [-0.1, -0.05) is 13.3 Å². The Morgan fingerprint density at radius 3 is 2.59 bits per heavy atom. The molecule has 0 aromatic rings. The van der Waals surface area contributed by atoms with Gasteiger partial charge in [0.15, 0.2) is 0 Å². The van der Waals surface area contributed by atoms with E-state index in [1.807, 2.05) is 14.0 Å². The van der Waals surface area contributed by atoms with Gasteiger partial charge in [-0.15, -0.1) is 0 Å². The molecular formula is C14H27N3. The molecule has 0 radical (unpaired) electrons. The van der Waals surface area contributed by atoms with Gasteiger partial charge in [-0.2, -0.15) is 5.26 Å². The number of unbranched alkanes of at least 4 members (excludes halogenated alkanes) is 1. The third-order valence-electron chi connectivity index (χ3n) is 3.85. The Kier molecular flexibility index (Phi) is 5.42. The Morgan fingerprint density at radius 2 is 2.18 bits per heavy atom. The normalized spacial score (nSPS) is 20.9. The Balaban J connectivity index is 2.52. The van der Waals surface area contributed by atoms with Gasteiger partial charge in [0.25, 0.3) is 0 Å². The lowest BCUT2D eigenvalue weighted by Gasteiger charge is -2.33. The summed E-state index contributed by atoms with van der Waals surface area (Å²) in [6, 6.07) is 3.67. The van der Waals surface area contributed by atoms with Crippen molar-refractivity contribution in [2.24, 2.45) is 0 Å². The third-order valence-corrected chi connectivity index (χ3v) is 3.85. The SMILES string of the molecule is CCCCN(C(C)CC(C)(C#N)NC)C1CC1. The van der Waals surface area contributed by atoms with Gasteiger partial charge in [-0.25, -0.2) is 0 Å². The largest absolute Gasteiger partial charge is 0.303 e. The van der Waals surface area contributed by atoms with Crippen molar-refractivity contribution in [2.75, 3.05) is 13.6 Å². The Labute approximate surface area is 106 Å². The molecule has 1 aliphatic carbocycles. The monoisotopic (exact) mass is 237 g/mol. The maximum absolute atomic E-state index is 9.22. The first kappa shape index (κ1) is 14.5. The van der Waals surface area contributed by atoms with E-state index in [0.717, 1.165) is 12.5 Å². The van der Waals surface area contributed by atoms with Gasteiger partial charge in [-0.05, 0) is 53.1 Å². The number of nitriles is 1. The molecule has 3 heteroatoms. The van der Waals surface area contributed by atoms with Crippen LogP contribution in [0.3, 0.4) is 0 Å². The van der Waals surface area contributed by atoms with E-state index in [2.05, 4.69) is 30.1 Å². The molecule has 0 spiro atoms. The number of hydrogen-bond donors (Lipinski definition) is 1. The summed E-state index contributed by atoms with van der Waals surface area (Å²) in [5.41, 5.74) is -0.390. The molecule has 0 bridgehead atoms. The highest BCUT2D eigenvalue weighted by Crippen LogP contribution is 2.31. The van der Waals surface area contributed by atoms with Crippen LogP contribution in [0.4, 0.5) is 0 Å². The van der Waals surface area contributed by atoms with Gasteiger partial charge in [0.05, 0.1) is 6.07 Å². The van der Waals surface area contributed by atoms with Crippen molar-refractivity contribution < 1.29 is 0 Å². The fourth-order valence-corrected chi connectivity index (χ4v) is 2.42. The molecule has 1 rings (SSSR count). The highest BCUT2D eigenvalue weighted by molar-refractivity contribution is 5.05. The van der Waals surface area contributed by atoms with Crippen LogP contribution in [0, 0.1) is 11.3 Å². The maximum Gasteiger partial charge on any atom is 0.105 e. The lowest BCUT2D eigenvalue weighted by Crippen LogP contribution is -2.46. The lowest BCUT2D eigenvalue weighted by atomic mass is 9.94. The molecule has 0 heterocycles. The maximum atomic E-state index is 9.22. The van der Waals surface area contributed by atoms with Crippen molar-refractivity contribution in [2.45, 2.75) is 70.5 Å². The summed E-state index contributed by atoms with van der Waals surface area (Å²) in [5.74, 6) is 0. The van der Waals surface area contributed by atoms with E-state index in [1.54, 1.807) is 0 Å². The van der Waals surface area contributed by atoms with Crippen LogP contribution in [0.1, 0.15) is 52.9 Å². The van der Waals surface area contributed by atoms with E-state index in [-0.39, 0.29) is 0 Å². The molecule has 1 N–H and O–H groups in total. The van der Waals surface area contributed by atoms with Crippen LogP contribution >= 0.6 is 0 Å². The predicted molar refractivity (Wildman–Crippen MR) is 71.8 cm³/mol. The molecule has 0 aliphatic heterocycles. The van der Waals surface area contributed by atoms with Gasteiger partial charge in [-0.3, -0.25) is 4.90 Å². The van der Waals surface area contributed by atoms with Crippen molar-refractivity contribution in [1.29, 1.82) is 5.26 Å². The Hall–Kier alpha value is -0.590. The number of rotatable bonds is 8. The summed E-state index contributed by atoms with van der Waals surface area (Å²) in [4.78, 5) is 2.61. The average molecular weight is 237 g/mol. The van der Waals surface area contributed by atoms with Crippen LogP contribution in [0.15, 0.2) is 0 Å². The zero-order valence-electron chi connectivity index (χ0n) is 11.8. The molecule has 98 valence electrons. The second-order valence-corrected chi connectivity index (χ2v) is 5.57. The molecule has 0 saturated heterocycles. The first-order valence-corrected chi connectivity index (χ1v) is 6.92. The summed E-state index contributed by atoms with van der Waals surface area (Å²) in [7, 11) is 1.88. The molecule has 17 heavy (non-hydrogen) atoms. The topological polar surface area (TPSA) is 39.1 Å². The Morgan fingerprint density at radius 1 is 1.53 bits per heavy atom. The van der Waals surface area contributed by atoms with E-state index in [0.29, 0.717) is 6.04 Å². The van der Waals surface area contributed by atoms with Crippen molar-refractivity contribution in [3.8, 4) is 6.07 Å².